The standard InChI is InChI=1S/C29H31N3O/c1-31(25-12-6-3-7-13-25)29(33)21-32-27-15-9-8-14-26(27)30-28(32)20-22-16-18-24(19-17-22)23-10-4-2-5-11-23/h2,4-5,8-11,14-19,25H,3,6-7,12-13,20-21H2,1H3. The van der Waals surface area contributed by atoms with Crippen LogP contribution in [-0.4, -0.2) is 33.4 Å². The van der Waals surface area contributed by atoms with Gasteiger partial charge in [0.2, 0.25) is 5.91 Å². The maximum absolute atomic E-state index is 13.2. The molecule has 0 N–H and O–H groups in total. The zero-order valence-corrected chi connectivity index (χ0v) is 19.3. The topological polar surface area (TPSA) is 38.1 Å². The van der Waals surface area contributed by atoms with Crippen molar-refractivity contribution in [3.8, 4) is 11.1 Å². The Bertz CT molecular complexity index is 1220. The maximum atomic E-state index is 13.2. The van der Waals surface area contributed by atoms with E-state index in [1.165, 1.54) is 36.0 Å². The second-order valence-corrected chi connectivity index (χ2v) is 9.14. The fraction of sp³-hybridized carbons (Fsp3) is 0.310. The van der Waals surface area contributed by atoms with Crippen LogP contribution in [0.15, 0.2) is 78.9 Å². The monoisotopic (exact) mass is 437 g/mol. The molecule has 4 nitrogen and oxygen atoms in total. The molecular weight excluding hydrogens is 406 g/mol. The number of carbonyl (C=O) groups is 1. The van der Waals surface area contributed by atoms with Gasteiger partial charge in [-0.2, -0.15) is 0 Å². The van der Waals surface area contributed by atoms with Gasteiger partial charge in [-0.15, -0.1) is 0 Å². The minimum atomic E-state index is 0.172. The van der Waals surface area contributed by atoms with E-state index < -0.39 is 0 Å². The summed E-state index contributed by atoms with van der Waals surface area (Å²) in [5.41, 5.74) is 5.59. The van der Waals surface area contributed by atoms with Gasteiger partial charge in [-0.05, 0) is 41.7 Å². The van der Waals surface area contributed by atoms with Gasteiger partial charge in [-0.3, -0.25) is 4.79 Å². The first kappa shape index (κ1) is 21.4. The Morgan fingerprint density at radius 3 is 2.30 bits per heavy atom. The number of likely N-dealkylation sites (N-methyl/N-ethyl adjacent to an activating group) is 1. The predicted molar refractivity (Wildman–Crippen MR) is 134 cm³/mol. The van der Waals surface area contributed by atoms with Gasteiger partial charge in [0.15, 0.2) is 0 Å². The Hall–Kier alpha value is -3.40. The Morgan fingerprint density at radius 2 is 1.55 bits per heavy atom. The van der Waals surface area contributed by atoms with E-state index in [9.17, 15) is 4.79 Å². The molecule has 1 amide bonds. The van der Waals surface area contributed by atoms with Gasteiger partial charge in [0, 0.05) is 19.5 Å². The smallest absolute Gasteiger partial charge is 0.242 e. The summed E-state index contributed by atoms with van der Waals surface area (Å²) in [7, 11) is 1.97. The average molecular weight is 438 g/mol. The molecule has 168 valence electrons. The van der Waals surface area contributed by atoms with Crippen LogP contribution in [0.25, 0.3) is 22.2 Å². The predicted octanol–water partition coefficient (Wildman–Crippen LogP) is 6.09. The van der Waals surface area contributed by atoms with Crippen LogP contribution in [0.5, 0.6) is 0 Å². The largest absolute Gasteiger partial charge is 0.341 e. The Kier molecular flexibility index (Phi) is 6.25. The van der Waals surface area contributed by atoms with E-state index in [2.05, 4.69) is 59.2 Å². The summed E-state index contributed by atoms with van der Waals surface area (Å²) < 4.78 is 2.11. The molecule has 1 heterocycles. The molecule has 0 aliphatic heterocycles. The molecule has 1 aromatic heterocycles. The minimum Gasteiger partial charge on any atom is -0.341 e. The first-order chi connectivity index (χ1) is 16.2. The van der Waals surface area contributed by atoms with Gasteiger partial charge in [0.05, 0.1) is 11.0 Å². The molecule has 0 unspecified atom stereocenters. The summed E-state index contributed by atoms with van der Waals surface area (Å²) in [4.78, 5) is 20.1. The summed E-state index contributed by atoms with van der Waals surface area (Å²) in [6.07, 6.45) is 6.67. The van der Waals surface area contributed by atoms with Crippen molar-refractivity contribution in [3.63, 3.8) is 0 Å². The summed E-state index contributed by atoms with van der Waals surface area (Å²) >= 11 is 0. The third-order valence-corrected chi connectivity index (χ3v) is 6.97. The number of benzene rings is 3. The van der Waals surface area contributed by atoms with Gasteiger partial charge in [-0.1, -0.05) is 86.0 Å². The van der Waals surface area contributed by atoms with Crippen molar-refractivity contribution in [2.45, 2.75) is 51.1 Å². The van der Waals surface area contributed by atoms with E-state index in [1.54, 1.807) is 0 Å². The van der Waals surface area contributed by atoms with Crippen LogP contribution in [0, 0.1) is 0 Å². The van der Waals surface area contributed by atoms with Crippen LogP contribution in [0.2, 0.25) is 0 Å². The number of imidazole rings is 1. The molecule has 0 spiro atoms. The number of amides is 1. The highest BCUT2D eigenvalue weighted by Gasteiger charge is 2.23. The first-order valence-corrected chi connectivity index (χ1v) is 12.0. The SMILES string of the molecule is CN(C(=O)Cn1c(Cc2ccc(-c3ccccc3)cc2)nc2ccccc21)C1CCCCC1. The van der Waals surface area contributed by atoms with E-state index in [0.29, 0.717) is 19.0 Å². The molecule has 0 atom stereocenters. The quantitative estimate of drug-likeness (QED) is 0.366. The molecule has 3 aromatic carbocycles. The molecule has 33 heavy (non-hydrogen) atoms. The average Bonchev–Trinajstić information content (AvgIpc) is 3.21. The lowest BCUT2D eigenvalue weighted by Crippen LogP contribution is -2.40. The number of para-hydroxylation sites is 2. The molecule has 1 saturated carbocycles. The number of hydrogen-bond donors (Lipinski definition) is 0. The summed E-state index contributed by atoms with van der Waals surface area (Å²) in [6.45, 7) is 0.338. The van der Waals surface area contributed by atoms with Crippen molar-refractivity contribution in [2.75, 3.05) is 7.05 Å². The fourth-order valence-electron chi connectivity index (χ4n) is 4.98. The third kappa shape index (κ3) is 4.70. The van der Waals surface area contributed by atoms with Crippen LogP contribution in [0.1, 0.15) is 43.5 Å². The van der Waals surface area contributed by atoms with Crippen molar-refractivity contribution in [1.82, 2.24) is 14.5 Å². The van der Waals surface area contributed by atoms with E-state index in [4.69, 9.17) is 4.98 Å². The molecular formula is C29H31N3O. The lowest BCUT2D eigenvalue weighted by Gasteiger charge is -2.31. The zero-order valence-electron chi connectivity index (χ0n) is 19.3. The number of nitrogens with zero attached hydrogens (tertiary/aromatic N) is 3. The third-order valence-electron chi connectivity index (χ3n) is 6.97. The second-order valence-electron chi connectivity index (χ2n) is 9.14. The van der Waals surface area contributed by atoms with E-state index in [-0.39, 0.29) is 5.91 Å². The maximum Gasteiger partial charge on any atom is 0.242 e. The van der Waals surface area contributed by atoms with Gasteiger partial charge in [0.25, 0.3) is 0 Å². The zero-order chi connectivity index (χ0) is 22.6. The van der Waals surface area contributed by atoms with Crippen molar-refractivity contribution in [2.24, 2.45) is 0 Å². The van der Waals surface area contributed by atoms with Gasteiger partial charge < -0.3 is 9.47 Å². The molecule has 4 aromatic rings. The van der Waals surface area contributed by atoms with Gasteiger partial charge >= 0.3 is 0 Å². The van der Waals surface area contributed by atoms with E-state index in [0.717, 1.165) is 29.7 Å². The molecule has 1 fully saturated rings. The molecule has 4 heteroatoms. The van der Waals surface area contributed by atoms with Crippen molar-refractivity contribution >= 4 is 16.9 Å². The number of rotatable bonds is 6. The molecule has 0 radical (unpaired) electrons. The normalized spacial score (nSPS) is 14.5. The molecule has 0 saturated heterocycles. The minimum absolute atomic E-state index is 0.172. The molecule has 1 aliphatic carbocycles. The van der Waals surface area contributed by atoms with Crippen LogP contribution in [0.4, 0.5) is 0 Å². The molecule has 5 rings (SSSR count). The number of carbonyl (C=O) groups excluding carboxylic acids is 1. The second kappa shape index (κ2) is 9.62. The van der Waals surface area contributed by atoms with Crippen molar-refractivity contribution in [3.05, 3.63) is 90.3 Å². The highest BCUT2D eigenvalue weighted by atomic mass is 16.2. The van der Waals surface area contributed by atoms with Crippen molar-refractivity contribution in [1.29, 1.82) is 0 Å². The highest BCUT2D eigenvalue weighted by molar-refractivity contribution is 5.81. The Labute approximate surface area is 195 Å². The molecule has 0 bridgehead atoms. The lowest BCUT2D eigenvalue weighted by atomic mass is 9.94. The van der Waals surface area contributed by atoms with Gasteiger partial charge in [-0.25, -0.2) is 4.98 Å². The highest BCUT2D eigenvalue weighted by Crippen LogP contribution is 2.24. The summed E-state index contributed by atoms with van der Waals surface area (Å²) in [5, 5.41) is 0. The first-order valence-electron chi connectivity index (χ1n) is 12.0. The number of fused-ring (bicyclic) bond motifs is 1. The lowest BCUT2D eigenvalue weighted by molar-refractivity contribution is -0.133. The Balaban J connectivity index is 1.39. The Morgan fingerprint density at radius 1 is 0.879 bits per heavy atom. The number of hydrogen-bond acceptors (Lipinski definition) is 2. The van der Waals surface area contributed by atoms with Gasteiger partial charge in [0.1, 0.15) is 12.4 Å². The van der Waals surface area contributed by atoms with Crippen LogP contribution in [-0.2, 0) is 17.8 Å². The summed E-state index contributed by atoms with van der Waals surface area (Å²) in [6, 6.07) is 27.6. The number of aromatic nitrogens is 2. The van der Waals surface area contributed by atoms with E-state index in [1.807, 2.05) is 36.2 Å². The van der Waals surface area contributed by atoms with E-state index >= 15 is 0 Å². The summed E-state index contributed by atoms with van der Waals surface area (Å²) in [5.74, 6) is 1.11. The van der Waals surface area contributed by atoms with Crippen LogP contribution < -0.4 is 0 Å². The van der Waals surface area contributed by atoms with Crippen LogP contribution >= 0.6 is 0 Å². The van der Waals surface area contributed by atoms with Crippen molar-refractivity contribution < 1.29 is 4.79 Å². The fourth-order valence-corrected chi connectivity index (χ4v) is 4.98. The molecule has 1 aliphatic rings. The van der Waals surface area contributed by atoms with Crippen LogP contribution in [0.3, 0.4) is 0 Å².